The molecule has 0 bridgehead atoms. The average Bonchev–Trinajstić information content (AvgIpc) is 2.99. The molecule has 3 aromatic rings. The van der Waals surface area contributed by atoms with Crippen LogP contribution in [0.3, 0.4) is 0 Å². The predicted octanol–water partition coefficient (Wildman–Crippen LogP) is 5.76. The molecule has 0 unspecified atom stereocenters. The Labute approximate surface area is 131 Å². The SMILES string of the molecule is C=Cc1[nH]c2cc3c(cc2c1C=C)C(C)(C)c1ccccc1-3. The molecule has 0 saturated carbocycles. The van der Waals surface area contributed by atoms with E-state index in [2.05, 4.69) is 68.4 Å². The summed E-state index contributed by atoms with van der Waals surface area (Å²) in [5.74, 6) is 0. The van der Waals surface area contributed by atoms with E-state index in [1.165, 1.54) is 27.6 Å². The lowest BCUT2D eigenvalue weighted by atomic mass is 9.82. The number of H-pyrrole nitrogens is 1. The van der Waals surface area contributed by atoms with Crippen LogP contribution in [0.4, 0.5) is 0 Å². The van der Waals surface area contributed by atoms with Crippen molar-refractivity contribution in [1.82, 2.24) is 4.98 Å². The van der Waals surface area contributed by atoms with Crippen LogP contribution in [-0.4, -0.2) is 4.98 Å². The van der Waals surface area contributed by atoms with E-state index < -0.39 is 0 Å². The lowest BCUT2D eigenvalue weighted by Crippen LogP contribution is -2.14. The van der Waals surface area contributed by atoms with E-state index in [9.17, 15) is 0 Å². The van der Waals surface area contributed by atoms with Crippen LogP contribution in [0.25, 0.3) is 34.2 Å². The van der Waals surface area contributed by atoms with Crippen LogP contribution in [0, 0.1) is 0 Å². The molecule has 22 heavy (non-hydrogen) atoms. The summed E-state index contributed by atoms with van der Waals surface area (Å²) in [7, 11) is 0. The van der Waals surface area contributed by atoms with Gasteiger partial charge in [0, 0.05) is 27.6 Å². The van der Waals surface area contributed by atoms with Crippen molar-refractivity contribution in [2.45, 2.75) is 19.3 Å². The van der Waals surface area contributed by atoms with Gasteiger partial charge in [-0.3, -0.25) is 0 Å². The molecule has 2 aromatic carbocycles. The van der Waals surface area contributed by atoms with Crippen molar-refractivity contribution in [1.29, 1.82) is 0 Å². The third-order valence-corrected chi connectivity index (χ3v) is 4.98. The number of aromatic nitrogens is 1. The maximum Gasteiger partial charge on any atom is 0.0471 e. The van der Waals surface area contributed by atoms with Gasteiger partial charge >= 0.3 is 0 Å². The molecular formula is C21H19N. The van der Waals surface area contributed by atoms with Gasteiger partial charge in [-0.25, -0.2) is 0 Å². The van der Waals surface area contributed by atoms with Crippen LogP contribution < -0.4 is 0 Å². The van der Waals surface area contributed by atoms with Crippen LogP contribution in [0.15, 0.2) is 49.6 Å². The maximum absolute atomic E-state index is 3.96. The fraction of sp³-hybridized carbons (Fsp3) is 0.143. The van der Waals surface area contributed by atoms with Gasteiger partial charge in [0.1, 0.15) is 0 Å². The van der Waals surface area contributed by atoms with Gasteiger partial charge < -0.3 is 4.98 Å². The largest absolute Gasteiger partial charge is 0.355 e. The fourth-order valence-electron chi connectivity index (χ4n) is 3.81. The first-order valence-corrected chi connectivity index (χ1v) is 7.63. The Bertz CT molecular complexity index is 938. The van der Waals surface area contributed by atoms with Gasteiger partial charge in [-0.2, -0.15) is 0 Å². The Morgan fingerprint density at radius 2 is 1.73 bits per heavy atom. The molecule has 1 aromatic heterocycles. The van der Waals surface area contributed by atoms with E-state index in [4.69, 9.17) is 0 Å². The number of nitrogens with one attached hydrogen (secondary N) is 1. The van der Waals surface area contributed by atoms with Crippen LogP contribution >= 0.6 is 0 Å². The van der Waals surface area contributed by atoms with E-state index in [0.29, 0.717) is 0 Å². The van der Waals surface area contributed by atoms with Crippen molar-refractivity contribution in [3.8, 4) is 11.1 Å². The highest BCUT2D eigenvalue weighted by Crippen LogP contribution is 2.50. The van der Waals surface area contributed by atoms with Gasteiger partial charge in [-0.1, -0.05) is 57.3 Å². The van der Waals surface area contributed by atoms with E-state index in [0.717, 1.165) is 16.8 Å². The second-order valence-electron chi connectivity index (χ2n) is 6.47. The first-order chi connectivity index (χ1) is 10.6. The second-order valence-corrected chi connectivity index (χ2v) is 6.47. The number of hydrogen-bond acceptors (Lipinski definition) is 0. The molecule has 1 aliphatic rings. The van der Waals surface area contributed by atoms with E-state index >= 15 is 0 Å². The molecule has 1 heteroatoms. The minimum Gasteiger partial charge on any atom is -0.355 e. The first kappa shape index (κ1) is 13.1. The molecule has 4 rings (SSSR count). The van der Waals surface area contributed by atoms with E-state index in [1.807, 2.05) is 12.2 Å². The van der Waals surface area contributed by atoms with Crippen molar-refractivity contribution in [2.75, 3.05) is 0 Å². The zero-order valence-corrected chi connectivity index (χ0v) is 13.0. The van der Waals surface area contributed by atoms with E-state index in [1.54, 1.807) is 0 Å². The Hall–Kier alpha value is -2.54. The number of fused-ring (bicyclic) bond motifs is 4. The molecule has 0 spiro atoms. The summed E-state index contributed by atoms with van der Waals surface area (Å²) < 4.78 is 0. The smallest absolute Gasteiger partial charge is 0.0471 e. The highest BCUT2D eigenvalue weighted by atomic mass is 14.7. The first-order valence-electron chi connectivity index (χ1n) is 7.63. The van der Waals surface area contributed by atoms with Crippen LogP contribution in [-0.2, 0) is 5.41 Å². The van der Waals surface area contributed by atoms with Crippen molar-refractivity contribution in [3.05, 3.63) is 71.9 Å². The summed E-state index contributed by atoms with van der Waals surface area (Å²) in [6.45, 7) is 12.5. The zero-order valence-electron chi connectivity index (χ0n) is 13.0. The summed E-state index contributed by atoms with van der Waals surface area (Å²) in [5.41, 5.74) is 8.83. The second kappa shape index (κ2) is 4.23. The molecule has 0 saturated heterocycles. The van der Waals surface area contributed by atoms with Crippen LogP contribution in [0.1, 0.15) is 36.2 Å². The number of hydrogen-bond donors (Lipinski definition) is 1. The summed E-state index contributed by atoms with van der Waals surface area (Å²) in [5, 5.41) is 1.23. The topological polar surface area (TPSA) is 15.8 Å². The Balaban J connectivity index is 2.13. The summed E-state index contributed by atoms with van der Waals surface area (Å²) >= 11 is 0. The standard InChI is InChI=1S/C21H19N/c1-5-13-16-11-18-15(12-20(16)22-19(13)6-2)14-9-7-8-10-17(14)21(18,3)4/h5-12,22H,1-2H2,3-4H3. The normalized spacial score (nSPS) is 14.6. The third-order valence-electron chi connectivity index (χ3n) is 4.98. The minimum absolute atomic E-state index is 0.0319. The predicted molar refractivity (Wildman–Crippen MR) is 96.0 cm³/mol. The van der Waals surface area contributed by atoms with E-state index in [-0.39, 0.29) is 5.41 Å². The maximum atomic E-state index is 3.96. The average molecular weight is 285 g/mol. The molecule has 0 radical (unpaired) electrons. The van der Waals surface area contributed by atoms with Crippen LogP contribution in [0.2, 0.25) is 0 Å². The van der Waals surface area contributed by atoms with Gasteiger partial charge in [-0.05, 0) is 40.5 Å². The highest BCUT2D eigenvalue weighted by Gasteiger charge is 2.35. The number of aromatic amines is 1. The monoisotopic (exact) mass is 285 g/mol. The molecule has 1 N–H and O–H groups in total. The number of rotatable bonds is 2. The minimum atomic E-state index is 0.0319. The molecule has 0 atom stereocenters. The summed E-state index contributed by atoms with van der Waals surface area (Å²) in [6, 6.07) is 13.3. The van der Waals surface area contributed by atoms with Gasteiger partial charge in [0.25, 0.3) is 0 Å². The van der Waals surface area contributed by atoms with Crippen molar-refractivity contribution in [2.24, 2.45) is 0 Å². The molecule has 0 fully saturated rings. The van der Waals surface area contributed by atoms with Crippen LogP contribution in [0.5, 0.6) is 0 Å². The zero-order chi connectivity index (χ0) is 15.5. The lowest BCUT2D eigenvalue weighted by Gasteiger charge is -2.21. The molecular weight excluding hydrogens is 266 g/mol. The van der Waals surface area contributed by atoms with Gasteiger partial charge in [0.15, 0.2) is 0 Å². The highest BCUT2D eigenvalue weighted by molar-refractivity contribution is 5.98. The third kappa shape index (κ3) is 1.48. The van der Waals surface area contributed by atoms with Crippen molar-refractivity contribution < 1.29 is 0 Å². The molecule has 0 amide bonds. The van der Waals surface area contributed by atoms with Crippen molar-refractivity contribution >= 4 is 23.1 Å². The molecule has 0 aliphatic heterocycles. The Morgan fingerprint density at radius 1 is 0.955 bits per heavy atom. The van der Waals surface area contributed by atoms with Gasteiger partial charge in [0.2, 0.25) is 0 Å². The van der Waals surface area contributed by atoms with Gasteiger partial charge in [0.05, 0.1) is 0 Å². The Kier molecular flexibility index (Phi) is 2.53. The molecule has 108 valence electrons. The summed E-state index contributed by atoms with van der Waals surface area (Å²) in [4.78, 5) is 3.46. The van der Waals surface area contributed by atoms with Crippen molar-refractivity contribution in [3.63, 3.8) is 0 Å². The molecule has 1 aliphatic carbocycles. The number of benzene rings is 2. The Morgan fingerprint density at radius 3 is 2.45 bits per heavy atom. The summed E-state index contributed by atoms with van der Waals surface area (Å²) in [6.07, 6.45) is 3.78. The lowest BCUT2D eigenvalue weighted by molar-refractivity contribution is 0.661. The fourth-order valence-corrected chi connectivity index (χ4v) is 3.81. The van der Waals surface area contributed by atoms with Gasteiger partial charge in [-0.15, -0.1) is 0 Å². The molecule has 1 nitrogen and oxygen atoms in total. The molecule has 1 heterocycles. The quantitative estimate of drug-likeness (QED) is 0.616.